The standard InChI is InChI=1S/C17H35NS2/c1-4-5-6-7-8-9-10-11-12-13-14-15-16-20-17(19)18(2)3/h4-16H2,1-3H3. The molecule has 0 heterocycles. The summed E-state index contributed by atoms with van der Waals surface area (Å²) in [5.41, 5.74) is 0. The zero-order chi connectivity index (χ0) is 15.1. The second kappa shape index (κ2) is 15.6. The number of unbranched alkanes of at least 4 members (excludes halogenated alkanes) is 11. The van der Waals surface area contributed by atoms with Gasteiger partial charge in [0.1, 0.15) is 4.32 Å². The van der Waals surface area contributed by atoms with Crippen molar-refractivity contribution in [1.29, 1.82) is 0 Å². The average Bonchev–Trinajstić information content (AvgIpc) is 2.43. The first-order valence-corrected chi connectivity index (χ1v) is 9.92. The van der Waals surface area contributed by atoms with Crippen molar-refractivity contribution in [3.63, 3.8) is 0 Å². The second-order valence-corrected chi connectivity index (χ2v) is 7.63. The first-order valence-electron chi connectivity index (χ1n) is 8.52. The number of nitrogens with zero attached hydrogens (tertiary/aromatic N) is 1. The molecule has 0 aliphatic heterocycles. The Hall–Kier alpha value is 0.240. The third-order valence-corrected chi connectivity index (χ3v) is 5.41. The molecular formula is C17H35NS2. The number of rotatable bonds is 13. The van der Waals surface area contributed by atoms with Gasteiger partial charge in [0.2, 0.25) is 0 Å². The summed E-state index contributed by atoms with van der Waals surface area (Å²) in [7, 11) is 4.05. The van der Waals surface area contributed by atoms with Crippen LogP contribution in [0.4, 0.5) is 0 Å². The number of hydrogen-bond donors (Lipinski definition) is 0. The van der Waals surface area contributed by atoms with Crippen molar-refractivity contribution in [2.75, 3.05) is 19.8 Å². The zero-order valence-electron chi connectivity index (χ0n) is 14.0. The molecule has 0 atom stereocenters. The molecule has 3 heteroatoms. The molecule has 1 nitrogen and oxygen atoms in total. The fourth-order valence-corrected chi connectivity index (χ4v) is 3.26. The van der Waals surface area contributed by atoms with Crippen molar-refractivity contribution in [3.05, 3.63) is 0 Å². The van der Waals surface area contributed by atoms with Gasteiger partial charge in [-0.05, 0) is 6.42 Å². The highest BCUT2D eigenvalue weighted by molar-refractivity contribution is 8.22. The van der Waals surface area contributed by atoms with Crippen LogP contribution in [0.5, 0.6) is 0 Å². The van der Waals surface area contributed by atoms with Crippen LogP contribution in [0, 0.1) is 0 Å². The topological polar surface area (TPSA) is 3.24 Å². The Morgan fingerprint density at radius 3 is 1.55 bits per heavy atom. The molecule has 0 radical (unpaired) electrons. The lowest BCUT2D eigenvalue weighted by Crippen LogP contribution is -2.16. The van der Waals surface area contributed by atoms with Gasteiger partial charge in [0, 0.05) is 19.8 Å². The van der Waals surface area contributed by atoms with Gasteiger partial charge in [0.25, 0.3) is 0 Å². The van der Waals surface area contributed by atoms with Crippen molar-refractivity contribution >= 4 is 28.3 Å². The Bertz CT molecular complexity index is 217. The average molecular weight is 318 g/mol. The molecule has 0 aliphatic carbocycles. The fourth-order valence-electron chi connectivity index (χ4n) is 2.23. The summed E-state index contributed by atoms with van der Waals surface area (Å²) in [6.45, 7) is 2.28. The predicted octanol–water partition coefficient (Wildman–Crippen LogP) is 6.27. The molecule has 0 spiro atoms. The minimum absolute atomic E-state index is 1.02. The van der Waals surface area contributed by atoms with Crippen LogP contribution in [0.15, 0.2) is 0 Å². The molecule has 0 aromatic rings. The number of thiocarbonyl (C=S) groups is 1. The molecule has 0 unspecified atom stereocenters. The molecule has 0 bridgehead atoms. The quantitative estimate of drug-likeness (QED) is 0.291. The first-order chi connectivity index (χ1) is 9.68. The molecule has 0 N–H and O–H groups in total. The molecule has 20 heavy (non-hydrogen) atoms. The highest BCUT2D eigenvalue weighted by Gasteiger charge is 1.99. The maximum atomic E-state index is 5.25. The largest absolute Gasteiger partial charge is 0.364 e. The normalized spacial score (nSPS) is 10.8. The summed E-state index contributed by atoms with van der Waals surface area (Å²) < 4.78 is 1.02. The van der Waals surface area contributed by atoms with Gasteiger partial charge in [-0.25, -0.2) is 0 Å². The first kappa shape index (κ1) is 20.2. The molecule has 0 saturated heterocycles. The van der Waals surface area contributed by atoms with Gasteiger partial charge in [-0.15, -0.1) is 0 Å². The third-order valence-electron chi connectivity index (χ3n) is 3.59. The van der Waals surface area contributed by atoms with E-state index in [2.05, 4.69) is 6.92 Å². The highest BCUT2D eigenvalue weighted by Crippen LogP contribution is 2.14. The fraction of sp³-hybridized carbons (Fsp3) is 0.941. The Balaban J connectivity index is 3.04. The van der Waals surface area contributed by atoms with Crippen LogP contribution in [-0.4, -0.2) is 29.1 Å². The molecule has 0 aliphatic rings. The highest BCUT2D eigenvalue weighted by atomic mass is 32.2. The van der Waals surface area contributed by atoms with E-state index in [9.17, 15) is 0 Å². The molecule has 0 rings (SSSR count). The van der Waals surface area contributed by atoms with E-state index >= 15 is 0 Å². The van der Waals surface area contributed by atoms with Crippen LogP contribution < -0.4 is 0 Å². The van der Waals surface area contributed by atoms with Crippen LogP contribution in [0.3, 0.4) is 0 Å². The molecular weight excluding hydrogens is 282 g/mol. The van der Waals surface area contributed by atoms with Crippen molar-refractivity contribution < 1.29 is 0 Å². The van der Waals surface area contributed by atoms with E-state index in [0.29, 0.717) is 0 Å². The Kier molecular flexibility index (Phi) is 15.8. The molecule has 0 fully saturated rings. The Morgan fingerprint density at radius 1 is 0.750 bits per heavy atom. The minimum Gasteiger partial charge on any atom is -0.364 e. The zero-order valence-corrected chi connectivity index (χ0v) is 15.6. The van der Waals surface area contributed by atoms with E-state index in [1.54, 1.807) is 0 Å². The maximum absolute atomic E-state index is 5.25. The molecule has 0 saturated carbocycles. The van der Waals surface area contributed by atoms with E-state index in [4.69, 9.17) is 12.2 Å². The number of hydrogen-bond acceptors (Lipinski definition) is 2. The lowest BCUT2D eigenvalue weighted by Gasteiger charge is -2.12. The summed E-state index contributed by atoms with van der Waals surface area (Å²) >= 11 is 7.08. The van der Waals surface area contributed by atoms with Gasteiger partial charge in [0.15, 0.2) is 0 Å². The summed E-state index contributed by atoms with van der Waals surface area (Å²) in [5.74, 6) is 1.19. The second-order valence-electron chi connectivity index (χ2n) is 5.90. The van der Waals surface area contributed by atoms with Gasteiger partial charge < -0.3 is 4.90 Å². The summed E-state index contributed by atoms with van der Waals surface area (Å²) in [5, 5.41) is 0. The summed E-state index contributed by atoms with van der Waals surface area (Å²) in [4.78, 5) is 2.03. The van der Waals surface area contributed by atoms with Gasteiger partial charge in [-0.1, -0.05) is 102 Å². The maximum Gasteiger partial charge on any atom is 0.135 e. The van der Waals surface area contributed by atoms with Crippen molar-refractivity contribution in [1.82, 2.24) is 4.90 Å². The van der Waals surface area contributed by atoms with Crippen molar-refractivity contribution in [2.24, 2.45) is 0 Å². The molecule has 0 amide bonds. The lowest BCUT2D eigenvalue weighted by atomic mass is 10.1. The van der Waals surface area contributed by atoms with Gasteiger partial charge in [-0.3, -0.25) is 0 Å². The van der Waals surface area contributed by atoms with Gasteiger partial charge in [0.05, 0.1) is 0 Å². The molecule has 0 aromatic heterocycles. The van der Waals surface area contributed by atoms with Crippen molar-refractivity contribution in [3.8, 4) is 0 Å². The predicted molar refractivity (Wildman–Crippen MR) is 99.8 cm³/mol. The monoisotopic (exact) mass is 317 g/mol. The lowest BCUT2D eigenvalue weighted by molar-refractivity contribution is 0.548. The minimum atomic E-state index is 1.02. The van der Waals surface area contributed by atoms with Crippen LogP contribution in [0.25, 0.3) is 0 Å². The smallest absolute Gasteiger partial charge is 0.135 e. The van der Waals surface area contributed by atoms with Gasteiger partial charge >= 0.3 is 0 Å². The van der Waals surface area contributed by atoms with Crippen LogP contribution in [-0.2, 0) is 0 Å². The third kappa shape index (κ3) is 14.6. The van der Waals surface area contributed by atoms with E-state index in [1.807, 2.05) is 30.8 Å². The van der Waals surface area contributed by atoms with E-state index < -0.39 is 0 Å². The molecule has 0 aromatic carbocycles. The van der Waals surface area contributed by atoms with Crippen LogP contribution >= 0.6 is 24.0 Å². The van der Waals surface area contributed by atoms with E-state index in [-0.39, 0.29) is 0 Å². The van der Waals surface area contributed by atoms with Crippen LogP contribution in [0.2, 0.25) is 0 Å². The van der Waals surface area contributed by atoms with E-state index in [0.717, 1.165) is 4.32 Å². The van der Waals surface area contributed by atoms with Crippen LogP contribution in [0.1, 0.15) is 84.0 Å². The Labute approximate surface area is 137 Å². The Morgan fingerprint density at radius 2 is 1.15 bits per heavy atom. The van der Waals surface area contributed by atoms with E-state index in [1.165, 1.54) is 82.8 Å². The summed E-state index contributed by atoms with van der Waals surface area (Å²) in [6, 6.07) is 0. The number of thioether (sulfide) groups is 1. The van der Waals surface area contributed by atoms with Gasteiger partial charge in [-0.2, -0.15) is 0 Å². The molecule has 120 valence electrons. The summed E-state index contributed by atoms with van der Waals surface area (Å²) in [6.07, 6.45) is 17.0. The SMILES string of the molecule is CCCCCCCCCCCCCCSC(=S)N(C)C. The van der Waals surface area contributed by atoms with Crippen molar-refractivity contribution in [2.45, 2.75) is 84.0 Å².